The van der Waals surface area contributed by atoms with Crippen LogP contribution in [-0.4, -0.2) is 35.0 Å². The van der Waals surface area contributed by atoms with Crippen LogP contribution in [0.15, 0.2) is 12.3 Å². The predicted octanol–water partition coefficient (Wildman–Crippen LogP) is 0.800. The molecule has 2 heterocycles. The number of carbonyl (C=O) groups is 1. The molecule has 1 aliphatic rings. The number of amides is 1. The summed E-state index contributed by atoms with van der Waals surface area (Å²) in [5, 5.41) is 3.02. The highest BCUT2D eigenvalue weighted by Gasteiger charge is 2.33. The number of anilines is 2. The molecule has 3 N–H and O–H groups in total. The van der Waals surface area contributed by atoms with Gasteiger partial charge < -0.3 is 16.0 Å². The molecule has 0 bridgehead atoms. The van der Waals surface area contributed by atoms with E-state index in [0.29, 0.717) is 17.7 Å². The number of aromatic nitrogens is 2. The Kier molecular flexibility index (Phi) is 4.19. The summed E-state index contributed by atoms with van der Waals surface area (Å²) in [4.78, 5) is 21.9. The summed E-state index contributed by atoms with van der Waals surface area (Å²) < 4.78 is 0. The Bertz CT molecular complexity index is 450. The zero-order chi connectivity index (χ0) is 13.8. The first-order valence-corrected chi connectivity index (χ1v) is 6.70. The fourth-order valence-corrected chi connectivity index (χ4v) is 2.64. The topological polar surface area (TPSA) is 84.1 Å². The van der Waals surface area contributed by atoms with E-state index in [0.717, 1.165) is 25.9 Å². The first-order chi connectivity index (χ1) is 9.10. The first kappa shape index (κ1) is 13.6. The van der Waals surface area contributed by atoms with Crippen LogP contribution in [0.25, 0.3) is 0 Å². The highest BCUT2D eigenvalue weighted by molar-refractivity contribution is 5.73. The zero-order valence-electron chi connectivity index (χ0n) is 11.5. The number of hydrogen-bond donors (Lipinski definition) is 2. The molecular formula is C13H21N5O. The first-order valence-electron chi connectivity index (χ1n) is 6.70. The lowest BCUT2D eigenvalue weighted by atomic mass is 9.98. The van der Waals surface area contributed by atoms with Gasteiger partial charge in [-0.3, -0.25) is 4.79 Å². The Labute approximate surface area is 113 Å². The fourth-order valence-electron chi connectivity index (χ4n) is 2.64. The minimum atomic E-state index is 0.0152. The van der Waals surface area contributed by atoms with E-state index < -0.39 is 0 Å². The monoisotopic (exact) mass is 263 g/mol. The average Bonchev–Trinajstić information content (AvgIpc) is 2.72. The van der Waals surface area contributed by atoms with Crippen molar-refractivity contribution < 1.29 is 4.79 Å². The van der Waals surface area contributed by atoms with Crippen LogP contribution < -0.4 is 16.0 Å². The molecule has 1 aliphatic heterocycles. The van der Waals surface area contributed by atoms with Gasteiger partial charge in [0.05, 0.1) is 6.04 Å². The van der Waals surface area contributed by atoms with E-state index in [1.54, 1.807) is 19.2 Å². The number of rotatable bonds is 4. The summed E-state index contributed by atoms with van der Waals surface area (Å²) in [6.45, 7) is 5.32. The van der Waals surface area contributed by atoms with Gasteiger partial charge in [0.1, 0.15) is 5.82 Å². The minimum absolute atomic E-state index is 0.0152. The van der Waals surface area contributed by atoms with Crippen molar-refractivity contribution in [2.75, 3.05) is 23.7 Å². The molecule has 0 radical (unpaired) electrons. The molecule has 1 aromatic heterocycles. The van der Waals surface area contributed by atoms with E-state index in [2.05, 4.69) is 27.1 Å². The van der Waals surface area contributed by atoms with Crippen molar-refractivity contribution in [3.8, 4) is 0 Å². The number of nitrogens with zero attached hydrogens (tertiary/aromatic N) is 3. The molecule has 2 rings (SSSR count). The lowest BCUT2D eigenvalue weighted by Crippen LogP contribution is -2.39. The molecule has 6 heteroatoms. The predicted molar refractivity (Wildman–Crippen MR) is 74.7 cm³/mol. The van der Waals surface area contributed by atoms with E-state index in [-0.39, 0.29) is 11.9 Å². The lowest BCUT2D eigenvalue weighted by Gasteiger charge is -2.17. The zero-order valence-corrected chi connectivity index (χ0v) is 11.5. The maximum atomic E-state index is 11.3. The van der Waals surface area contributed by atoms with Gasteiger partial charge in [-0.1, -0.05) is 13.3 Å². The van der Waals surface area contributed by atoms with Crippen molar-refractivity contribution in [2.45, 2.75) is 32.7 Å². The largest absolute Gasteiger partial charge is 0.384 e. The van der Waals surface area contributed by atoms with Crippen LogP contribution in [0.1, 0.15) is 26.7 Å². The van der Waals surface area contributed by atoms with Crippen LogP contribution in [0.2, 0.25) is 0 Å². The third-order valence-corrected chi connectivity index (χ3v) is 3.44. The van der Waals surface area contributed by atoms with Gasteiger partial charge in [0.2, 0.25) is 11.9 Å². The Morgan fingerprint density at radius 2 is 2.37 bits per heavy atom. The molecule has 1 aromatic rings. The van der Waals surface area contributed by atoms with Gasteiger partial charge in [-0.2, -0.15) is 4.98 Å². The smallest absolute Gasteiger partial charge is 0.227 e. The molecule has 0 saturated carbocycles. The maximum Gasteiger partial charge on any atom is 0.227 e. The molecule has 0 aromatic carbocycles. The number of carbonyl (C=O) groups excluding carboxylic acids is 1. The van der Waals surface area contributed by atoms with Crippen molar-refractivity contribution in [2.24, 2.45) is 5.92 Å². The molecule has 104 valence electrons. The number of nitrogens with two attached hydrogens (primary N) is 1. The summed E-state index contributed by atoms with van der Waals surface area (Å²) in [7, 11) is 0. The Hall–Kier alpha value is -1.85. The number of nitrogen functional groups attached to an aromatic ring is 1. The molecule has 1 fully saturated rings. The molecule has 2 atom stereocenters. The van der Waals surface area contributed by atoms with Crippen LogP contribution in [0.5, 0.6) is 0 Å². The van der Waals surface area contributed by atoms with Crippen molar-refractivity contribution in [1.29, 1.82) is 0 Å². The maximum absolute atomic E-state index is 11.3. The Morgan fingerprint density at radius 1 is 1.58 bits per heavy atom. The molecule has 19 heavy (non-hydrogen) atoms. The van der Waals surface area contributed by atoms with Crippen molar-refractivity contribution in [3.05, 3.63) is 12.3 Å². The van der Waals surface area contributed by atoms with Gasteiger partial charge in [-0.25, -0.2) is 4.98 Å². The molecule has 0 spiro atoms. The van der Waals surface area contributed by atoms with E-state index in [1.165, 1.54) is 0 Å². The van der Waals surface area contributed by atoms with Crippen LogP contribution in [-0.2, 0) is 4.79 Å². The van der Waals surface area contributed by atoms with E-state index >= 15 is 0 Å². The quantitative estimate of drug-likeness (QED) is 0.839. The van der Waals surface area contributed by atoms with Crippen LogP contribution in [0, 0.1) is 5.92 Å². The molecule has 1 saturated heterocycles. The molecule has 0 unspecified atom stereocenters. The summed E-state index contributed by atoms with van der Waals surface area (Å²) in [5.41, 5.74) is 5.69. The van der Waals surface area contributed by atoms with Crippen LogP contribution in [0.3, 0.4) is 0 Å². The second-order valence-corrected chi connectivity index (χ2v) is 5.04. The summed E-state index contributed by atoms with van der Waals surface area (Å²) in [5.74, 6) is 1.58. The third kappa shape index (κ3) is 3.33. The van der Waals surface area contributed by atoms with Gasteiger partial charge >= 0.3 is 0 Å². The molecule has 0 aliphatic carbocycles. The van der Waals surface area contributed by atoms with E-state index in [9.17, 15) is 4.79 Å². The molecular weight excluding hydrogens is 242 g/mol. The van der Waals surface area contributed by atoms with E-state index in [4.69, 9.17) is 5.73 Å². The Balaban J connectivity index is 2.10. The average molecular weight is 263 g/mol. The molecule has 6 nitrogen and oxygen atoms in total. The number of nitrogens with one attached hydrogen (secondary N) is 1. The van der Waals surface area contributed by atoms with Crippen molar-refractivity contribution in [1.82, 2.24) is 15.3 Å². The van der Waals surface area contributed by atoms with Gasteiger partial charge in [0, 0.05) is 26.2 Å². The Morgan fingerprint density at radius 3 is 3.00 bits per heavy atom. The molecule has 1 amide bonds. The lowest BCUT2D eigenvalue weighted by molar-refractivity contribution is -0.119. The SMILES string of the molecule is CCC[C@@H]1CN(c2nccc(N)n2)C[C@H]1NC(C)=O. The fraction of sp³-hybridized carbons (Fsp3) is 0.615. The highest BCUT2D eigenvalue weighted by atomic mass is 16.1. The summed E-state index contributed by atoms with van der Waals surface area (Å²) in [6.07, 6.45) is 3.86. The van der Waals surface area contributed by atoms with Crippen LogP contribution in [0.4, 0.5) is 11.8 Å². The minimum Gasteiger partial charge on any atom is -0.384 e. The van der Waals surface area contributed by atoms with E-state index in [1.807, 2.05) is 0 Å². The standard InChI is InChI=1S/C13H21N5O/c1-3-4-10-7-18(8-11(10)16-9(2)19)13-15-6-5-12(14)17-13/h5-6,10-11H,3-4,7-8H2,1-2H3,(H,16,19)(H2,14,15,17)/t10-,11-/m1/s1. The van der Waals surface area contributed by atoms with Gasteiger partial charge in [0.15, 0.2) is 0 Å². The van der Waals surface area contributed by atoms with Gasteiger partial charge in [-0.05, 0) is 18.4 Å². The highest BCUT2D eigenvalue weighted by Crippen LogP contribution is 2.25. The van der Waals surface area contributed by atoms with Crippen LogP contribution >= 0.6 is 0 Å². The summed E-state index contributed by atoms with van der Waals surface area (Å²) >= 11 is 0. The van der Waals surface area contributed by atoms with Gasteiger partial charge in [-0.15, -0.1) is 0 Å². The number of hydrogen-bond acceptors (Lipinski definition) is 5. The summed E-state index contributed by atoms with van der Waals surface area (Å²) in [6, 6.07) is 1.84. The third-order valence-electron chi connectivity index (χ3n) is 3.44. The van der Waals surface area contributed by atoms with Crippen molar-refractivity contribution >= 4 is 17.7 Å². The second kappa shape index (κ2) is 5.86. The van der Waals surface area contributed by atoms with Gasteiger partial charge in [0.25, 0.3) is 0 Å². The normalized spacial score (nSPS) is 22.5. The second-order valence-electron chi connectivity index (χ2n) is 5.04. The van der Waals surface area contributed by atoms with Crippen molar-refractivity contribution in [3.63, 3.8) is 0 Å².